The molecule has 2 aromatic rings. The number of halogens is 1. The topological polar surface area (TPSA) is 39.7 Å². The number of aryl methyl sites for hydroxylation is 1. The zero-order chi connectivity index (χ0) is 19.0. The number of nitrogens with zero attached hydrogens (tertiary/aromatic N) is 4. The van der Waals surface area contributed by atoms with Gasteiger partial charge < -0.3 is 4.90 Å². The van der Waals surface area contributed by atoms with Crippen molar-refractivity contribution in [3.05, 3.63) is 53.6 Å². The molecule has 0 bridgehead atoms. The van der Waals surface area contributed by atoms with Crippen molar-refractivity contribution < 1.29 is 9.18 Å². The molecule has 0 N–H and O–H groups in total. The van der Waals surface area contributed by atoms with Gasteiger partial charge in [-0.2, -0.15) is 0 Å². The number of anilines is 2. The van der Waals surface area contributed by atoms with Crippen molar-refractivity contribution in [1.82, 2.24) is 9.88 Å². The summed E-state index contributed by atoms with van der Waals surface area (Å²) >= 11 is 0. The van der Waals surface area contributed by atoms with Crippen LogP contribution in [0.15, 0.2) is 36.7 Å². The fourth-order valence-electron chi connectivity index (χ4n) is 4.23. The van der Waals surface area contributed by atoms with Crippen molar-refractivity contribution in [3.8, 4) is 0 Å². The monoisotopic (exact) mass is 368 g/mol. The molecule has 2 aliphatic heterocycles. The van der Waals surface area contributed by atoms with Crippen LogP contribution in [-0.2, 0) is 6.54 Å². The molecule has 0 spiro atoms. The number of likely N-dealkylation sites (tertiary alicyclic amines) is 1. The molecule has 0 saturated carbocycles. The molecule has 1 aromatic heterocycles. The number of hydrogen-bond donors (Lipinski definition) is 0. The van der Waals surface area contributed by atoms with Crippen molar-refractivity contribution in [2.45, 2.75) is 39.3 Å². The number of pyridine rings is 1. The summed E-state index contributed by atoms with van der Waals surface area (Å²) < 4.78 is 14.6. The van der Waals surface area contributed by atoms with E-state index in [1.165, 1.54) is 6.07 Å². The maximum absolute atomic E-state index is 14.6. The lowest BCUT2D eigenvalue weighted by atomic mass is 10.00. The normalized spacial score (nSPS) is 18.7. The van der Waals surface area contributed by atoms with E-state index in [1.54, 1.807) is 23.4 Å². The van der Waals surface area contributed by atoms with E-state index in [2.05, 4.69) is 16.8 Å². The highest BCUT2D eigenvalue weighted by molar-refractivity contribution is 6.06. The van der Waals surface area contributed by atoms with E-state index in [-0.39, 0.29) is 17.9 Å². The van der Waals surface area contributed by atoms with Gasteiger partial charge in [0.05, 0.1) is 17.9 Å². The zero-order valence-corrected chi connectivity index (χ0v) is 15.9. The number of rotatable bonds is 3. The standard InChI is InChI=1S/C21H25FN4O/c1-3-24-11-8-17(9-12-24)26-19-7-10-23-13-16(19)14-25(21(26)27)20-15(2)5-4-6-18(20)22/h4-7,10,13,17H,3,8-9,11-12,14H2,1-2H3. The van der Waals surface area contributed by atoms with E-state index in [1.807, 2.05) is 24.0 Å². The molecule has 2 aliphatic rings. The molecule has 0 radical (unpaired) electrons. The number of benzene rings is 1. The second-order valence-corrected chi connectivity index (χ2v) is 7.31. The second-order valence-electron chi connectivity index (χ2n) is 7.31. The Labute approximate surface area is 159 Å². The predicted molar refractivity (Wildman–Crippen MR) is 105 cm³/mol. The minimum Gasteiger partial charge on any atom is -0.303 e. The molecule has 4 rings (SSSR count). The summed E-state index contributed by atoms with van der Waals surface area (Å²) in [6, 6.07) is 6.82. The molecular weight excluding hydrogens is 343 g/mol. The van der Waals surface area contributed by atoms with Crippen LogP contribution >= 0.6 is 0 Å². The summed E-state index contributed by atoms with van der Waals surface area (Å²) in [5.41, 5.74) is 3.00. The van der Waals surface area contributed by atoms with Gasteiger partial charge >= 0.3 is 6.03 Å². The molecule has 0 unspecified atom stereocenters. The first-order valence-electron chi connectivity index (χ1n) is 9.61. The Morgan fingerprint density at radius 2 is 2.00 bits per heavy atom. The van der Waals surface area contributed by atoms with Crippen molar-refractivity contribution in [3.63, 3.8) is 0 Å². The maximum atomic E-state index is 14.6. The number of amides is 2. The molecule has 142 valence electrons. The summed E-state index contributed by atoms with van der Waals surface area (Å²) in [7, 11) is 0. The van der Waals surface area contributed by atoms with E-state index >= 15 is 0 Å². The van der Waals surface area contributed by atoms with Gasteiger partial charge in [0, 0.05) is 37.1 Å². The Hall–Kier alpha value is -2.47. The van der Waals surface area contributed by atoms with Crippen LogP contribution in [0.25, 0.3) is 0 Å². The van der Waals surface area contributed by atoms with Gasteiger partial charge in [0.15, 0.2) is 0 Å². The first-order valence-corrected chi connectivity index (χ1v) is 9.61. The van der Waals surface area contributed by atoms with Gasteiger partial charge in [-0.3, -0.25) is 14.8 Å². The third-order valence-corrected chi connectivity index (χ3v) is 5.73. The summed E-state index contributed by atoms with van der Waals surface area (Å²) in [5.74, 6) is -0.364. The lowest BCUT2D eigenvalue weighted by Gasteiger charge is -2.44. The molecule has 1 aromatic carbocycles. The van der Waals surface area contributed by atoms with Crippen LogP contribution in [0.1, 0.15) is 30.9 Å². The van der Waals surface area contributed by atoms with Crippen molar-refractivity contribution in [1.29, 1.82) is 0 Å². The minimum atomic E-state index is -0.364. The number of fused-ring (bicyclic) bond motifs is 1. The van der Waals surface area contributed by atoms with Crippen LogP contribution in [0.5, 0.6) is 0 Å². The third-order valence-electron chi connectivity index (χ3n) is 5.73. The Bertz CT molecular complexity index is 828. The van der Waals surface area contributed by atoms with Gasteiger partial charge in [0.25, 0.3) is 0 Å². The highest BCUT2D eigenvalue weighted by atomic mass is 19.1. The van der Waals surface area contributed by atoms with Crippen LogP contribution in [0.4, 0.5) is 20.6 Å². The summed E-state index contributed by atoms with van der Waals surface area (Å²) in [6.45, 7) is 7.33. The fraction of sp³-hybridized carbons (Fsp3) is 0.429. The predicted octanol–water partition coefficient (Wildman–Crippen LogP) is 3.96. The van der Waals surface area contributed by atoms with Crippen LogP contribution in [0.2, 0.25) is 0 Å². The number of para-hydroxylation sites is 1. The molecule has 1 fully saturated rings. The zero-order valence-electron chi connectivity index (χ0n) is 15.9. The second kappa shape index (κ2) is 7.27. The third kappa shape index (κ3) is 3.18. The molecule has 3 heterocycles. The van der Waals surface area contributed by atoms with Gasteiger partial charge in [-0.25, -0.2) is 9.18 Å². The maximum Gasteiger partial charge on any atom is 0.329 e. The van der Waals surface area contributed by atoms with Gasteiger partial charge in [0.2, 0.25) is 0 Å². The first kappa shape index (κ1) is 17.9. The Morgan fingerprint density at radius 1 is 1.22 bits per heavy atom. The number of carbonyl (C=O) groups excluding carboxylic acids is 1. The van der Waals surface area contributed by atoms with Gasteiger partial charge in [-0.1, -0.05) is 19.1 Å². The Balaban J connectivity index is 1.73. The highest BCUT2D eigenvalue weighted by Crippen LogP contribution is 2.36. The number of aromatic nitrogens is 1. The quantitative estimate of drug-likeness (QED) is 0.823. The fourth-order valence-corrected chi connectivity index (χ4v) is 4.23. The van der Waals surface area contributed by atoms with Crippen molar-refractivity contribution >= 4 is 17.4 Å². The molecule has 1 saturated heterocycles. The minimum absolute atomic E-state index is 0.122. The average molecular weight is 368 g/mol. The lowest BCUT2D eigenvalue weighted by molar-refractivity contribution is 0.211. The average Bonchev–Trinajstić information content (AvgIpc) is 2.68. The van der Waals surface area contributed by atoms with Gasteiger partial charge in [-0.05, 0) is 44.0 Å². The first-order chi connectivity index (χ1) is 13.1. The Morgan fingerprint density at radius 3 is 2.70 bits per heavy atom. The highest BCUT2D eigenvalue weighted by Gasteiger charge is 2.38. The largest absolute Gasteiger partial charge is 0.329 e. The van der Waals surface area contributed by atoms with E-state index in [9.17, 15) is 9.18 Å². The molecule has 2 amide bonds. The molecule has 0 atom stereocenters. The molecular formula is C21H25FN4O. The molecule has 27 heavy (non-hydrogen) atoms. The van der Waals surface area contributed by atoms with Gasteiger partial charge in [-0.15, -0.1) is 0 Å². The summed E-state index contributed by atoms with van der Waals surface area (Å²) in [5, 5.41) is 0. The molecule has 5 nitrogen and oxygen atoms in total. The number of piperidine rings is 1. The number of carbonyl (C=O) groups is 1. The Kier molecular flexibility index (Phi) is 4.83. The van der Waals surface area contributed by atoms with Gasteiger partial charge in [0.1, 0.15) is 5.82 Å². The summed E-state index contributed by atoms with van der Waals surface area (Å²) in [4.78, 5) is 23.6. The SMILES string of the molecule is CCN1CCC(N2C(=O)N(c3c(C)cccc3F)Cc3cnccc32)CC1. The van der Waals surface area contributed by atoms with E-state index in [0.29, 0.717) is 12.2 Å². The smallest absolute Gasteiger partial charge is 0.303 e. The van der Waals surface area contributed by atoms with Crippen molar-refractivity contribution in [2.24, 2.45) is 0 Å². The summed E-state index contributed by atoms with van der Waals surface area (Å²) in [6.07, 6.45) is 5.36. The van der Waals surface area contributed by atoms with Crippen LogP contribution in [-0.4, -0.2) is 41.6 Å². The lowest BCUT2D eigenvalue weighted by Crippen LogP contribution is -2.55. The van der Waals surface area contributed by atoms with Crippen LogP contribution in [0, 0.1) is 12.7 Å². The number of urea groups is 1. The number of hydrogen-bond acceptors (Lipinski definition) is 3. The van der Waals surface area contributed by atoms with E-state index in [4.69, 9.17) is 0 Å². The van der Waals surface area contributed by atoms with E-state index < -0.39 is 0 Å². The van der Waals surface area contributed by atoms with Crippen LogP contribution < -0.4 is 9.80 Å². The molecule has 6 heteroatoms. The van der Waals surface area contributed by atoms with E-state index in [0.717, 1.165) is 49.3 Å². The molecule has 0 aliphatic carbocycles. The van der Waals surface area contributed by atoms with Crippen LogP contribution in [0.3, 0.4) is 0 Å². The van der Waals surface area contributed by atoms with Crippen molar-refractivity contribution in [2.75, 3.05) is 29.4 Å².